The molecular weight excluding hydrogens is 288 g/mol. The summed E-state index contributed by atoms with van der Waals surface area (Å²) in [6, 6.07) is 14.2. The van der Waals surface area contributed by atoms with Crippen LogP contribution in [0.1, 0.15) is 21.5 Å². The summed E-state index contributed by atoms with van der Waals surface area (Å²) in [4.78, 5) is 22.4. The van der Waals surface area contributed by atoms with E-state index < -0.39 is 11.9 Å². The molecule has 0 amide bonds. The first kappa shape index (κ1) is 15.1. The van der Waals surface area contributed by atoms with Crippen LogP contribution in [-0.4, -0.2) is 22.2 Å². The number of hydrogen-bond donors (Lipinski definition) is 2. The van der Waals surface area contributed by atoms with Crippen molar-refractivity contribution in [3.63, 3.8) is 0 Å². The summed E-state index contributed by atoms with van der Waals surface area (Å²) < 4.78 is 0. The zero-order chi connectivity index (χ0) is 15.2. The molecule has 108 valence electrons. The van der Waals surface area contributed by atoms with Crippen LogP contribution in [0.25, 0.3) is 0 Å². The standard InChI is InChI=1S/C16H14O4S/c17-15(18)9-11-3-7-14(8-4-11)21-10-12-1-5-13(6-2-12)16(19)20/h1-8H,9-10H2,(H,17,18)(H,19,20). The highest BCUT2D eigenvalue weighted by Gasteiger charge is 2.03. The number of aromatic carboxylic acids is 1. The quantitative estimate of drug-likeness (QED) is 0.801. The molecule has 0 saturated heterocycles. The van der Waals surface area contributed by atoms with E-state index in [9.17, 15) is 9.59 Å². The SMILES string of the molecule is O=C(O)Cc1ccc(SCc2ccc(C(=O)O)cc2)cc1. The van der Waals surface area contributed by atoms with Gasteiger partial charge in [-0.15, -0.1) is 11.8 Å². The molecule has 2 rings (SSSR count). The number of thioether (sulfide) groups is 1. The van der Waals surface area contributed by atoms with Crippen molar-refractivity contribution < 1.29 is 19.8 Å². The summed E-state index contributed by atoms with van der Waals surface area (Å²) in [5.41, 5.74) is 2.10. The van der Waals surface area contributed by atoms with Crippen LogP contribution in [0.3, 0.4) is 0 Å². The van der Waals surface area contributed by atoms with Gasteiger partial charge in [0.1, 0.15) is 0 Å². The summed E-state index contributed by atoms with van der Waals surface area (Å²) in [6.45, 7) is 0. The summed E-state index contributed by atoms with van der Waals surface area (Å²) in [5, 5.41) is 17.5. The number of benzene rings is 2. The third-order valence-corrected chi connectivity index (χ3v) is 3.97. The molecule has 0 spiro atoms. The van der Waals surface area contributed by atoms with Crippen LogP contribution in [0.2, 0.25) is 0 Å². The Kier molecular flexibility index (Phi) is 5.00. The van der Waals surface area contributed by atoms with E-state index in [1.54, 1.807) is 36.0 Å². The molecule has 0 bridgehead atoms. The summed E-state index contributed by atoms with van der Waals surface area (Å²) in [5.74, 6) is -1.03. The second-order valence-electron chi connectivity index (χ2n) is 4.51. The molecule has 2 aromatic rings. The van der Waals surface area contributed by atoms with E-state index in [0.29, 0.717) is 0 Å². The van der Waals surface area contributed by atoms with E-state index in [1.165, 1.54) is 0 Å². The molecule has 21 heavy (non-hydrogen) atoms. The van der Waals surface area contributed by atoms with Crippen LogP contribution in [-0.2, 0) is 17.0 Å². The Balaban J connectivity index is 1.93. The van der Waals surface area contributed by atoms with Gasteiger partial charge in [-0.2, -0.15) is 0 Å². The predicted octanol–water partition coefficient (Wildman–Crippen LogP) is 3.30. The van der Waals surface area contributed by atoms with Crippen molar-refractivity contribution >= 4 is 23.7 Å². The average Bonchev–Trinajstić information content (AvgIpc) is 2.46. The predicted molar refractivity (Wildman–Crippen MR) is 80.7 cm³/mol. The molecule has 0 saturated carbocycles. The largest absolute Gasteiger partial charge is 0.481 e. The van der Waals surface area contributed by atoms with Crippen LogP contribution in [0.5, 0.6) is 0 Å². The Morgan fingerprint density at radius 1 is 0.857 bits per heavy atom. The minimum atomic E-state index is -0.928. The Bertz CT molecular complexity index is 632. The molecule has 0 aliphatic heterocycles. The van der Waals surface area contributed by atoms with E-state index in [4.69, 9.17) is 10.2 Å². The Hall–Kier alpha value is -2.27. The van der Waals surface area contributed by atoms with Crippen LogP contribution < -0.4 is 0 Å². The summed E-state index contributed by atoms with van der Waals surface area (Å²) in [7, 11) is 0. The maximum absolute atomic E-state index is 10.8. The van der Waals surface area contributed by atoms with Gasteiger partial charge in [0, 0.05) is 10.6 Å². The minimum Gasteiger partial charge on any atom is -0.481 e. The molecule has 2 aromatic carbocycles. The molecule has 5 heteroatoms. The van der Waals surface area contributed by atoms with Gasteiger partial charge >= 0.3 is 11.9 Å². The smallest absolute Gasteiger partial charge is 0.335 e. The van der Waals surface area contributed by atoms with Crippen LogP contribution in [0, 0.1) is 0 Å². The third kappa shape index (κ3) is 4.65. The fourth-order valence-electron chi connectivity index (χ4n) is 1.79. The molecule has 0 unspecified atom stereocenters. The topological polar surface area (TPSA) is 74.6 Å². The molecule has 0 atom stereocenters. The molecule has 0 heterocycles. The van der Waals surface area contributed by atoms with Gasteiger partial charge in [0.2, 0.25) is 0 Å². The lowest BCUT2D eigenvalue weighted by molar-refractivity contribution is -0.136. The van der Waals surface area contributed by atoms with Gasteiger partial charge in [-0.25, -0.2) is 4.79 Å². The molecule has 0 aliphatic carbocycles. The second kappa shape index (κ2) is 6.95. The fourth-order valence-corrected chi connectivity index (χ4v) is 2.64. The number of carboxylic acids is 2. The van der Waals surface area contributed by atoms with Gasteiger partial charge in [-0.05, 0) is 35.4 Å². The van der Waals surface area contributed by atoms with Crippen molar-refractivity contribution in [3.05, 3.63) is 65.2 Å². The Labute approximate surface area is 126 Å². The second-order valence-corrected chi connectivity index (χ2v) is 5.55. The first-order valence-electron chi connectivity index (χ1n) is 6.30. The van der Waals surface area contributed by atoms with Crippen LogP contribution >= 0.6 is 11.8 Å². The molecule has 2 N–H and O–H groups in total. The number of aliphatic carboxylic acids is 1. The van der Waals surface area contributed by atoms with E-state index in [1.807, 2.05) is 24.3 Å². The summed E-state index contributed by atoms with van der Waals surface area (Å²) >= 11 is 1.62. The lowest BCUT2D eigenvalue weighted by Gasteiger charge is -2.04. The molecule has 0 aromatic heterocycles. The summed E-state index contributed by atoms with van der Waals surface area (Å²) in [6.07, 6.45) is 0.0294. The van der Waals surface area contributed by atoms with E-state index in [0.717, 1.165) is 21.8 Å². The van der Waals surface area contributed by atoms with Crippen molar-refractivity contribution in [2.45, 2.75) is 17.1 Å². The Morgan fingerprint density at radius 2 is 1.43 bits per heavy atom. The number of carboxylic acid groups (broad SMARTS) is 2. The van der Waals surface area contributed by atoms with E-state index in [2.05, 4.69) is 0 Å². The van der Waals surface area contributed by atoms with Gasteiger partial charge in [0.15, 0.2) is 0 Å². The maximum atomic E-state index is 10.8. The van der Waals surface area contributed by atoms with Crippen molar-refractivity contribution in [1.29, 1.82) is 0 Å². The molecule has 0 fully saturated rings. The van der Waals surface area contributed by atoms with E-state index in [-0.39, 0.29) is 12.0 Å². The van der Waals surface area contributed by atoms with Gasteiger partial charge in [0.05, 0.1) is 12.0 Å². The average molecular weight is 302 g/mol. The molecule has 0 radical (unpaired) electrons. The zero-order valence-corrected chi connectivity index (χ0v) is 12.0. The number of carbonyl (C=O) groups is 2. The van der Waals surface area contributed by atoms with Crippen molar-refractivity contribution in [3.8, 4) is 0 Å². The first-order valence-corrected chi connectivity index (χ1v) is 7.29. The van der Waals surface area contributed by atoms with E-state index >= 15 is 0 Å². The third-order valence-electron chi connectivity index (χ3n) is 2.89. The van der Waals surface area contributed by atoms with Gasteiger partial charge < -0.3 is 10.2 Å². The highest BCUT2D eigenvalue weighted by atomic mass is 32.2. The monoisotopic (exact) mass is 302 g/mol. The molecular formula is C16H14O4S. The van der Waals surface area contributed by atoms with Crippen molar-refractivity contribution in [2.24, 2.45) is 0 Å². The van der Waals surface area contributed by atoms with Gasteiger partial charge in [0.25, 0.3) is 0 Å². The fraction of sp³-hybridized carbons (Fsp3) is 0.125. The van der Waals surface area contributed by atoms with Crippen LogP contribution in [0.4, 0.5) is 0 Å². The van der Waals surface area contributed by atoms with Gasteiger partial charge in [-0.1, -0.05) is 24.3 Å². The van der Waals surface area contributed by atoms with Crippen LogP contribution in [0.15, 0.2) is 53.4 Å². The lowest BCUT2D eigenvalue weighted by atomic mass is 10.1. The van der Waals surface area contributed by atoms with Crippen molar-refractivity contribution in [2.75, 3.05) is 0 Å². The first-order chi connectivity index (χ1) is 10.0. The highest BCUT2D eigenvalue weighted by Crippen LogP contribution is 2.23. The normalized spacial score (nSPS) is 10.3. The molecule has 0 aliphatic rings. The lowest BCUT2D eigenvalue weighted by Crippen LogP contribution is -1.99. The minimum absolute atomic E-state index is 0.0294. The molecule has 4 nitrogen and oxygen atoms in total. The highest BCUT2D eigenvalue weighted by molar-refractivity contribution is 7.98. The number of hydrogen-bond acceptors (Lipinski definition) is 3. The Morgan fingerprint density at radius 3 is 1.95 bits per heavy atom. The zero-order valence-electron chi connectivity index (χ0n) is 11.2. The maximum Gasteiger partial charge on any atom is 0.335 e. The van der Waals surface area contributed by atoms with Gasteiger partial charge in [-0.3, -0.25) is 4.79 Å². The van der Waals surface area contributed by atoms with Crippen molar-refractivity contribution in [1.82, 2.24) is 0 Å². The number of rotatable bonds is 6.